The number of hydrogen-bond donors (Lipinski definition) is 3. The van der Waals surface area contributed by atoms with E-state index in [1.807, 2.05) is 41.3 Å². The zero-order valence-electron chi connectivity index (χ0n) is 18.7. The third kappa shape index (κ3) is 6.81. The summed E-state index contributed by atoms with van der Waals surface area (Å²) in [6.07, 6.45) is -1.79. The number of rotatable bonds is 5. The second-order valence-electron chi connectivity index (χ2n) is 7.66. The Morgan fingerprint density at radius 1 is 0.944 bits per heavy atom. The van der Waals surface area contributed by atoms with Crippen LogP contribution in [0.2, 0.25) is 0 Å². The van der Waals surface area contributed by atoms with Crippen LogP contribution in [-0.2, 0) is 4.79 Å². The number of nitrogens with zero attached hydrogens (tertiary/aromatic N) is 3. The smallest absolute Gasteiger partial charge is 0.476 e. The molecule has 13 heteroatoms. The quantitative estimate of drug-likeness (QED) is 0.466. The van der Waals surface area contributed by atoms with Crippen molar-refractivity contribution in [2.45, 2.75) is 25.4 Å². The Labute approximate surface area is 202 Å². The van der Waals surface area contributed by atoms with E-state index in [1.165, 1.54) is 6.42 Å². The lowest BCUT2D eigenvalue weighted by Gasteiger charge is -2.26. The number of halogens is 3. The fourth-order valence-electron chi connectivity index (χ4n) is 3.37. The highest BCUT2D eigenvalue weighted by molar-refractivity contribution is 5.95. The first-order chi connectivity index (χ1) is 17.1. The fourth-order valence-corrected chi connectivity index (χ4v) is 3.37. The maximum Gasteiger partial charge on any atom is 0.490 e. The number of aromatic nitrogens is 3. The van der Waals surface area contributed by atoms with Gasteiger partial charge in [0.1, 0.15) is 5.75 Å². The number of carbonyl (C=O) groups is 3. The van der Waals surface area contributed by atoms with E-state index in [0.29, 0.717) is 11.3 Å². The van der Waals surface area contributed by atoms with E-state index in [4.69, 9.17) is 19.7 Å². The third-order valence-corrected chi connectivity index (χ3v) is 5.13. The summed E-state index contributed by atoms with van der Waals surface area (Å²) >= 11 is 0. The number of likely N-dealkylation sites (tertiary alicyclic amines) is 1. The number of hydrogen-bond acceptors (Lipinski definition) is 6. The molecule has 0 bridgehead atoms. The largest absolute Gasteiger partial charge is 0.490 e. The molecule has 0 unspecified atom stereocenters. The van der Waals surface area contributed by atoms with E-state index in [0.717, 1.165) is 37.1 Å². The van der Waals surface area contributed by atoms with Crippen molar-refractivity contribution in [1.29, 1.82) is 0 Å². The predicted molar refractivity (Wildman–Crippen MR) is 119 cm³/mol. The SMILES string of the molecule is O=C(O)C(F)(F)F.O=C(O)c1[nH]nnc1Oc1ccc(-c2cccc(C(=O)N3CCCCC3)c2)cc1. The minimum atomic E-state index is -5.08. The van der Waals surface area contributed by atoms with E-state index < -0.39 is 18.1 Å². The van der Waals surface area contributed by atoms with Crippen molar-refractivity contribution in [2.24, 2.45) is 0 Å². The standard InChI is InChI=1S/C21H20N4O4.C2HF3O2/c26-20(25-11-2-1-3-12-25)16-6-4-5-15(13-16)14-7-9-17(10-8-14)29-19-18(21(27)28)22-24-23-19;3-2(4,5)1(6)7/h4-10,13H,1-3,11-12H2,(H,27,28)(H,22,23,24);(H,6,7). The number of H-pyrrole nitrogens is 1. The number of ether oxygens (including phenoxy) is 1. The third-order valence-electron chi connectivity index (χ3n) is 5.13. The maximum atomic E-state index is 12.7. The maximum absolute atomic E-state index is 12.7. The van der Waals surface area contributed by atoms with Gasteiger partial charge in [-0.2, -0.15) is 13.2 Å². The molecule has 2 aromatic carbocycles. The summed E-state index contributed by atoms with van der Waals surface area (Å²) in [5, 5.41) is 25.6. The van der Waals surface area contributed by atoms with Crippen LogP contribution in [0.3, 0.4) is 0 Å². The van der Waals surface area contributed by atoms with Crippen molar-refractivity contribution in [2.75, 3.05) is 13.1 Å². The van der Waals surface area contributed by atoms with Crippen molar-refractivity contribution in [3.63, 3.8) is 0 Å². The van der Waals surface area contributed by atoms with Gasteiger partial charge < -0.3 is 19.8 Å². The van der Waals surface area contributed by atoms with Crippen molar-refractivity contribution < 1.29 is 42.5 Å². The number of benzene rings is 2. The fraction of sp³-hybridized carbons (Fsp3) is 0.261. The van der Waals surface area contributed by atoms with Crippen molar-refractivity contribution in [3.8, 4) is 22.8 Å². The summed E-state index contributed by atoms with van der Waals surface area (Å²) in [6.45, 7) is 1.63. The number of amides is 1. The van der Waals surface area contributed by atoms with Gasteiger partial charge in [-0.3, -0.25) is 4.79 Å². The Balaban J connectivity index is 0.000000454. The van der Waals surface area contributed by atoms with Gasteiger partial charge in [-0.05, 0) is 54.7 Å². The van der Waals surface area contributed by atoms with E-state index in [-0.39, 0.29) is 17.5 Å². The molecule has 1 amide bonds. The monoisotopic (exact) mass is 506 g/mol. The van der Waals surface area contributed by atoms with Gasteiger partial charge in [-0.1, -0.05) is 34.6 Å². The first-order valence-electron chi connectivity index (χ1n) is 10.7. The molecular weight excluding hydrogens is 485 g/mol. The van der Waals surface area contributed by atoms with Gasteiger partial charge in [0.2, 0.25) is 5.69 Å². The number of aromatic amines is 1. The lowest BCUT2D eigenvalue weighted by molar-refractivity contribution is -0.192. The zero-order chi connectivity index (χ0) is 26.3. The molecule has 10 nitrogen and oxygen atoms in total. The Hall–Kier alpha value is -4.42. The Kier molecular flexibility index (Phi) is 8.25. The van der Waals surface area contributed by atoms with Gasteiger partial charge in [-0.15, -0.1) is 0 Å². The van der Waals surface area contributed by atoms with E-state index >= 15 is 0 Å². The molecule has 1 saturated heterocycles. The van der Waals surface area contributed by atoms with Gasteiger partial charge in [0.25, 0.3) is 11.8 Å². The Morgan fingerprint density at radius 3 is 2.17 bits per heavy atom. The van der Waals surface area contributed by atoms with Crippen LogP contribution < -0.4 is 4.74 Å². The number of carboxylic acid groups (broad SMARTS) is 2. The molecular formula is C23H21F3N4O6. The van der Waals surface area contributed by atoms with Crippen LogP contribution in [0.1, 0.15) is 40.1 Å². The molecule has 1 aliphatic heterocycles. The van der Waals surface area contributed by atoms with Gasteiger partial charge in [0.15, 0.2) is 0 Å². The van der Waals surface area contributed by atoms with Crippen molar-refractivity contribution in [1.82, 2.24) is 20.3 Å². The molecule has 4 rings (SSSR count). The Bertz CT molecular complexity index is 1220. The van der Waals surface area contributed by atoms with E-state index in [2.05, 4.69) is 15.4 Å². The molecule has 0 aliphatic carbocycles. The Morgan fingerprint density at radius 2 is 1.58 bits per heavy atom. The number of alkyl halides is 3. The van der Waals surface area contributed by atoms with Crippen LogP contribution in [0.5, 0.6) is 11.6 Å². The number of piperidine rings is 1. The highest BCUT2D eigenvalue weighted by Gasteiger charge is 2.38. The molecule has 190 valence electrons. The topological polar surface area (TPSA) is 146 Å². The summed E-state index contributed by atoms with van der Waals surface area (Å²) in [5.41, 5.74) is 2.31. The molecule has 1 aliphatic rings. The second kappa shape index (κ2) is 11.3. The van der Waals surface area contributed by atoms with Gasteiger partial charge in [-0.25, -0.2) is 14.7 Å². The number of aromatic carboxylic acids is 1. The van der Waals surface area contributed by atoms with Crippen molar-refractivity contribution >= 4 is 17.8 Å². The van der Waals surface area contributed by atoms with Crippen LogP contribution in [-0.4, -0.2) is 67.6 Å². The summed E-state index contributed by atoms with van der Waals surface area (Å²) in [4.78, 5) is 34.6. The minimum absolute atomic E-state index is 0.0683. The second-order valence-corrected chi connectivity index (χ2v) is 7.66. The number of aliphatic carboxylic acids is 1. The van der Waals surface area contributed by atoms with E-state index in [1.54, 1.807) is 12.1 Å². The lowest BCUT2D eigenvalue weighted by atomic mass is 10.0. The molecule has 2 heterocycles. The molecule has 1 fully saturated rings. The summed E-state index contributed by atoms with van der Waals surface area (Å²) < 4.78 is 37.2. The minimum Gasteiger partial charge on any atom is -0.476 e. The van der Waals surface area contributed by atoms with Crippen LogP contribution in [0, 0.1) is 0 Å². The first-order valence-corrected chi connectivity index (χ1v) is 10.7. The average molecular weight is 506 g/mol. The van der Waals surface area contributed by atoms with Gasteiger partial charge in [0, 0.05) is 18.7 Å². The molecule has 3 aromatic rings. The molecule has 0 spiro atoms. The molecule has 1 aromatic heterocycles. The van der Waals surface area contributed by atoms with Crippen LogP contribution in [0.15, 0.2) is 48.5 Å². The van der Waals surface area contributed by atoms with Gasteiger partial charge in [0.05, 0.1) is 0 Å². The molecule has 0 saturated carbocycles. The zero-order valence-corrected chi connectivity index (χ0v) is 18.7. The van der Waals surface area contributed by atoms with Crippen LogP contribution in [0.25, 0.3) is 11.1 Å². The summed E-state index contributed by atoms with van der Waals surface area (Å²) in [7, 11) is 0. The van der Waals surface area contributed by atoms with Crippen molar-refractivity contribution in [3.05, 3.63) is 59.8 Å². The molecule has 0 radical (unpaired) electrons. The molecule has 3 N–H and O–H groups in total. The van der Waals surface area contributed by atoms with E-state index in [9.17, 15) is 22.8 Å². The number of nitrogens with one attached hydrogen (secondary N) is 1. The van der Waals surface area contributed by atoms with Crippen LogP contribution in [0.4, 0.5) is 13.2 Å². The summed E-state index contributed by atoms with van der Waals surface area (Å²) in [6, 6.07) is 14.7. The molecule has 0 atom stereocenters. The highest BCUT2D eigenvalue weighted by atomic mass is 19.4. The summed E-state index contributed by atoms with van der Waals surface area (Å²) in [5.74, 6) is -3.55. The normalized spacial score (nSPS) is 13.4. The first kappa shape index (κ1) is 26.2. The number of carbonyl (C=O) groups excluding carboxylic acids is 1. The molecule has 36 heavy (non-hydrogen) atoms. The average Bonchev–Trinajstić information content (AvgIpc) is 3.33. The predicted octanol–water partition coefficient (Wildman–Crippen LogP) is 4.22. The lowest BCUT2D eigenvalue weighted by Crippen LogP contribution is -2.35. The number of carboxylic acids is 2. The highest BCUT2D eigenvalue weighted by Crippen LogP contribution is 2.27. The van der Waals surface area contributed by atoms with Gasteiger partial charge >= 0.3 is 18.1 Å². The van der Waals surface area contributed by atoms with Crippen LogP contribution >= 0.6 is 0 Å².